The van der Waals surface area contributed by atoms with Gasteiger partial charge in [-0.25, -0.2) is 0 Å². The van der Waals surface area contributed by atoms with Crippen molar-refractivity contribution in [3.05, 3.63) is 12.3 Å². The van der Waals surface area contributed by atoms with Gasteiger partial charge < -0.3 is 5.32 Å². The molecule has 0 aromatic carbocycles. The minimum absolute atomic E-state index is 0.0583. The molecule has 1 rings (SSSR count). The molecule has 102 valence electrons. The van der Waals surface area contributed by atoms with Crippen molar-refractivity contribution in [1.29, 1.82) is 0 Å². The van der Waals surface area contributed by atoms with E-state index in [1.807, 2.05) is 20.1 Å². The molecule has 3 atom stereocenters. The summed E-state index contributed by atoms with van der Waals surface area (Å²) in [5.41, 5.74) is 1.01. The molecular formula is C14H25N2OP. The third-order valence-corrected chi connectivity index (χ3v) is 3.58. The van der Waals surface area contributed by atoms with Crippen LogP contribution in [0.3, 0.4) is 0 Å². The van der Waals surface area contributed by atoms with Crippen LogP contribution in [0, 0.1) is 5.92 Å². The van der Waals surface area contributed by atoms with Crippen molar-refractivity contribution < 1.29 is 4.79 Å². The lowest BCUT2D eigenvalue weighted by Crippen LogP contribution is -2.39. The fourth-order valence-corrected chi connectivity index (χ4v) is 2.15. The zero-order valence-electron chi connectivity index (χ0n) is 11.7. The number of aliphatic imine (C=N–C) groups is 1. The van der Waals surface area contributed by atoms with Crippen LogP contribution in [0.5, 0.6) is 0 Å². The molecule has 0 radical (unpaired) electrons. The van der Waals surface area contributed by atoms with Crippen LogP contribution in [0.4, 0.5) is 0 Å². The van der Waals surface area contributed by atoms with Gasteiger partial charge in [0.1, 0.15) is 0 Å². The third-order valence-electron chi connectivity index (χ3n) is 3.25. The Balaban J connectivity index is 2.39. The summed E-state index contributed by atoms with van der Waals surface area (Å²) in [6.07, 6.45) is 5.58. The minimum atomic E-state index is -0.0945. The minimum Gasteiger partial charge on any atom is -0.379 e. The summed E-state index contributed by atoms with van der Waals surface area (Å²) < 4.78 is 0. The van der Waals surface area contributed by atoms with E-state index in [4.69, 9.17) is 0 Å². The van der Waals surface area contributed by atoms with E-state index < -0.39 is 0 Å². The van der Waals surface area contributed by atoms with E-state index in [9.17, 15) is 4.79 Å². The highest BCUT2D eigenvalue weighted by molar-refractivity contribution is 7.16. The van der Waals surface area contributed by atoms with Crippen molar-refractivity contribution in [2.24, 2.45) is 10.9 Å². The van der Waals surface area contributed by atoms with Crippen LogP contribution in [-0.2, 0) is 4.79 Å². The van der Waals surface area contributed by atoms with Gasteiger partial charge in [0.15, 0.2) is 5.78 Å². The monoisotopic (exact) mass is 268 g/mol. The maximum Gasteiger partial charge on any atom is 0.157 e. The topological polar surface area (TPSA) is 41.5 Å². The van der Waals surface area contributed by atoms with Gasteiger partial charge in [0.25, 0.3) is 0 Å². The second-order valence-corrected chi connectivity index (χ2v) is 6.13. The molecule has 0 spiro atoms. The van der Waals surface area contributed by atoms with E-state index in [-0.39, 0.29) is 23.3 Å². The summed E-state index contributed by atoms with van der Waals surface area (Å²) in [7, 11) is 2.68. The van der Waals surface area contributed by atoms with E-state index in [0.717, 1.165) is 31.1 Å². The summed E-state index contributed by atoms with van der Waals surface area (Å²) in [5.74, 6) is 0.337. The zero-order chi connectivity index (χ0) is 13.8. The zero-order valence-corrected chi connectivity index (χ0v) is 12.9. The summed E-state index contributed by atoms with van der Waals surface area (Å²) >= 11 is 0. The Morgan fingerprint density at radius 3 is 2.61 bits per heavy atom. The van der Waals surface area contributed by atoms with E-state index in [1.165, 1.54) is 0 Å². The van der Waals surface area contributed by atoms with Gasteiger partial charge in [-0.3, -0.25) is 9.79 Å². The second-order valence-electron chi connectivity index (χ2n) is 5.55. The van der Waals surface area contributed by atoms with Crippen LogP contribution in [0.1, 0.15) is 40.0 Å². The molecule has 0 saturated carbocycles. The molecule has 18 heavy (non-hydrogen) atoms. The Morgan fingerprint density at radius 1 is 1.56 bits per heavy atom. The lowest BCUT2D eigenvalue weighted by molar-refractivity contribution is -0.123. The first kappa shape index (κ1) is 15.4. The van der Waals surface area contributed by atoms with Crippen molar-refractivity contribution in [3.63, 3.8) is 0 Å². The molecule has 0 aromatic rings. The van der Waals surface area contributed by atoms with Gasteiger partial charge in [0, 0.05) is 17.8 Å². The molecular weight excluding hydrogens is 243 g/mol. The van der Waals surface area contributed by atoms with Crippen molar-refractivity contribution >= 4 is 21.2 Å². The Kier molecular flexibility index (Phi) is 5.52. The number of carbonyl (C=O) groups is 1. The summed E-state index contributed by atoms with van der Waals surface area (Å²) in [6, 6.07) is -0.0945. The summed E-state index contributed by atoms with van der Waals surface area (Å²) in [5, 5.41) is 3.29. The number of hydrogen-bond donors (Lipinski definition) is 1. The molecule has 0 aliphatic carbocycles. The van der Waals surface area contributed by atoms with E-state index >= 15 is 0 Å². The number of Topliss-reactive ketones (excluding diaryl/α,β-unsaturated/α-hetero) is 1. The lowest BCUT2D eigenvalue weighted by Gasteiger charge is -2.22. The quantitative estimate of drug-likeness (QED) is 0.653. The molecule has 1 aliphatic rings. The van der Waals surface area contributed by atoms with Crippen molar-refractivity contribution in [2.75, 3.05) is 6.16 Å². The number of rotatable bonds is 9. The van der Waals surface area contributed by atoms with Crippen molar-refractivity contribution in [2.45, 2.75) is 51.6 Å². The van der Waals surface area contributed by atoms with Crippen LogP contribution in [0.15, 0.2) is 17.3 Å². The van der Waals surface area contributed by atoms with E-state index in [0.29, 0.717) is 0 Å². The molecule has 3 unspecified atom stereocenters. The van der Waals surface area contributed by atoms with Crippen LogP contribution in [0.25, 0.3) is 0 Å². The van der Waals surface area contributed by atoms with Gasteiger partial charge in [-0.15, -0.1) is 9.24 Å². The highest BCUT2D eigenvalue weighted by Crippen LogP contribution is 2.26. The molecule has 1 heterocycles. The van der Waals surface area contributed by atoms with Crippen LogP contribution in [0.2, 0.25) is 0 Å². The standard InChI is InChI=1S/C14H25N2OP/c1-10(2)13(17)12(6-8-18)16-11(3)5-7-14(4)9-15-14/h9-10,12,16H,3,5-8,18H2,1-2,4H3. The van der Waals surface area contributed by atoms with Crippen molar-refractivity contribution in [1.82, 2.24) is 5.32 Å². The molecule has 0 fully saturated rings. The SMILES string of the molecule is C=C(CCC1(C)C=N1)NC(CCP)C(=O)C(C)C. The molecule has 1 N–H and O–H groups in total. The maximum absolute atomic E-state index is 12.0. The normalized spacial score (nSPS) is 22.9. The Bertz CT molecular complexity index is 344. The molecule has 0 bridgehead atoms. The fourth-order valence-electron chi connectivity index (χ4n) is 1.82. The average molecular weight is 268 g/mol. The Labute approximate surface area is 113 Å². The predicted octanol–water partition coefficient (Wildman–Crippen LogP) is 2.57. The number of ketones is 1. The number of nitrogens with zero attached hydrogens (tertiary/aromatic N) is 1. The first-order chi connectivity index (χ1) is 8.38. The number of hydrogen-bond acceptors (Lipinski definition) is 3. The first-order valence-electron chi connectivity index (χ1n) is 6.62. The van der Waals surface area contributed by atoms with Gasteiger partial charge in [-0.05, 0) is 32.3 Å². The van der Waals surface area contributed by atoms with Gasteiger partial charge in [0.2, 0.25) is 0 Å². The lowest BCUT2D eigenvalue weighted by atomic mass is 9.98. The van der Waals surface area contributed by atoms with Gasteiger partial charge in [-0.2, -0.15) is 0 Å². The second kappa shape index (κ2) is 6.47. The highest BCUT2D eigenvalue weighted by Gasteiger charge is 2.30. The molecule has 1 aliphatic heterocycles. The maximum atomic E-state index is 12.0. The van der Waals surface area contributed by atoms with Crippen LogP contribution >= 0.6 is 9.24 Å². The number of carbonyl (C=O) groups excluding carboxylic acids is 1. The Morgan fingerprint density at radius 2 is 2.17 bits per heavy atom. The molecule has 4 heteroatoms. The first-order valence-corrected chi connectivity index (χ1v) is 7.44. The van der Waals surface area contributed by atoms with E-state index in [2.05, 4.69) is 33.1 Å². The van der Waals surface area contributed by atoms with Gasteiger partial charge in [-0.1, -0.05) is 20.4 Å². The van der Waals surface area contributed by atoms with Crippen LogP contribution in [-0.4, -0.2) is 29.7 Å². The Hall–Kier alpha value is -0.690. The molecule has 0 aromatic heterocycles. The van der Waals surface area contributed by atoms with Crippen molar-refractivity contribution in [3.8, 4) is 0 Å². The third kappa shape index (κ3) is 4.89. The average Bonchev–Trinajstić information content (AvgIpc) is 3.04. The largest absolute Gasteiger partial charge is 0.379 e. The molecule has 0 saturated heterocycles. The number of allylic oxidation sites excluding steroid dienone is 1. The molecule has 3 nitrogen and oxygen atoms in total. The smallest absolute Gasteiger partial charge is 0.157 e. The highest BCUT2D eigenvalue weighted by atomic mass is 31.0. The molecule has 0 amide bonds. The van der Waals surface area contributed by atoms with Gasteiger partial charge in [0.05, 0.1) is 11.6 Å². The van der Waals surface area contributed by atoms with E-state index in [1.54, 1.807) is 0 Å². The van der Waals surface area contributed by atoms with Gasteiger partial charge >= 0.3 is 0 Å². The summed E-state index contributed by atoms with van der Waals surface area (Å²) in [4.78, 5) is 16.3. The predicted molar refractivity (Wildman–Crippen MR) is 81.2 cm³/mol. The van der Waals surface area contributed by atoms with Crippen LogP contribution < -0.4 is 5.32 Å². The fraction of sp³-hybridized carbons (Fsp3) is 0.714. The summed E-state index contributed by atoms with van der Waals surface area (Å²) in [6.45, 7) is 10.0. The number of nitrogens with one attached hydrogen (secondary N) is 1.